The van der Waals surface area contributed by atoms with Gasteiger partial charge in [0.1, 0.15) is 0 Å². The fraction of sp³-hybridized carbons (Fsp3) is 0.200. The number of hydrogen-bond acceptors (Lipinski definition) is 4. The predicted molar refractivity (Wildman–Crippen MR) is 51.9 cm³/mol. The molecule has 1 aliphatic rings. The van der Waals surface area contributed by atoms with Crippen molar-refractivity contribution in [3.63, 3.8) is 0 Å². The van der Waals surface area contributed by atoms with E-state index in [9.17, 15) is 9.59 Å². The Morgan fingerprint density at radius 1 is 1.27 bits per heavy atom. The number of amides is 1. The summed E-state index contributed by atoms with van der Waals surface area (Å²) in [7, 11) is 0. The molecule has 0 aromatic heterocycles. The number of anilines is 1. The molecule has 78 valence electrons. The lowest BCUT2D eigenvalue weighted by molar-refractivity contribution is -0.133. The summed E-state index contributed by atoms with van der Waals surface area (Å²) >= 11 is 0. The van der Waals surface area contributed by atoms with Crippen LogP contribution in [0.1, 0.15) is 6.92 Å². The average molecular weight is 207 g/mol. The molecular weight excluding hydrogens is 198 g/mol. The highest BCUT2D eigenvalue weighted by Gasteiger charge is 2.14. The number of carbonyl (C=O) groups is 2. The van der Waals surface area contributed by atoms with Gasteiger partial charge in [0.05, 0.1) is 0 Å². The molecule has 1 aromatic carbocycles. The first-order valence-corrected chi connectivity index (χ1v) is 4.38. The van der Waals surface area contributed by atoms with E-state index in [0.717, 1.165) is 0 Å². The largest absolute Gasteiger partial charge is 0.454 e. The maximum Gasteiger partial charge on any atom is 0.291 e. The second-order valence-electron chi connectivity index (χ2n) is 3.08. The molecule has 0 radical (unpaired) electrons. The highest BCUT2D eigenvalue weighted by molar-refractivity contribution is 6.39. The monoisotopic (exact) mass is 207 g/mol. The molecule has 1 N–H and O–H groups in total. The van der Waals surface area contributed by atoms with E-state index in [1.165, 1.54) is 6.92 Å². The summed E-state index contributed by atoms with van der Waals surface area (Å²) in [6.45, 7) is 1.39. The Balaban J connectivity index is 2.17. The van der Waals surface area contributed by atoms with Gasteiger partial charge in [-0.15, -0.1) is 0 Å². The highest BCUT2D eigenvalue weighted by atomic mass is 16.7. The topological polar surface area (TPSA) is 64.6 Å². The molecule has 2 rings (SSSR count). The number of ketones is 1. The van der Waals surface area contributed by atoms with Crippen molar-refractivity contribution in [3.8, 4) is 11.5 Å². The smallest absolute Gasteiger partial charge is 0.291 e. The van der Waals surface area contributed by atoms with Crippen LogP contribution >= 0.6 is 0 Å². The number of Topliss-reactive ketones (excluding diaryl/α,β-unsaturated/α-hetero) is 1. The Morgan fingerprint density at radius 2 is 2.00 bits per heavy atom. The van der Waals surface area contributed by atoms with Crippen LogP contribution in [0.5, 0.6) is 11.5 Å². The van der Waals surface area contributed by atoms with Crippen molar-refractivity contribution in [2.45, 2.75) is 6.92 Å². The van der Waals surface area contributed by atoms with Gasteiger partial charge in [-0.25, -0.2) is 0 Å². The van der Waals surface area contributed by atoms with Gasteiger partial charge in [0.15, 0.2) is 11.5 Å². The summed E-state index contributed by atoms with van der Waals surface area (Å²) in [6.07, 6.45) is 0. The van der Waals surface area contributed by atoms with Crippen LogP contribution in [0.3, 0.4) is 0 Å². The van der Waals surface area contributed by atoms with E-state index in [-0.39, 0.29) is 6.79 Å². The number of rotatable bonds is 2. The van der Waals surface area contributed by atoms with Gasteiger partial charge >= 0.3 is 0 Å². The lowest BCUT2D eigenvalue weighted by atomic mass is 10.2. The molecule has 1 aliphatic heterocycles. The molecule has 0 unspecified atom stereocenters. The van der Waals surface area contributed by atoms with E-state index >= 15 is 0 Å². The minimum atomic E-state index is -0.645. The Bertz CT molecular complexity index is 427. The molecule has 5 nitrogen and oxygen atoms in total. The zero-order valence-corrected chi connectivity index (χ0v) is 8.07. The van der Waals surface area contributed by atoms with Gasteiger partial charge in [-0.05, 0) is 12.1 Å². The zero-order chi connectivity index (χ0) is 10.8. The SMILES string of the molecule is CC(=O)C(=O)Nc1ccc2c(c1)OCO2. The standard InChI is InChI=1S/C10H9NO4/c1-6(12)10(13)11-7-2-3-8-9(4-7)15-5-14-8/h2-4H,5H2,1H3,(H,11,13). The fourth-order valence-corrected chi connectivity index (χ4v) is 1.19. The minimum absolute atomic E-state index is 0.180. The highest BCUT2D eigenvalue weighted by Crippen LogP contribution is 2.34. The normalized spacial score (nSPS) is 12.3. The Kier molecular flexibility index (Phi) is 2.29. The minimum Gasteiger partial charge on any atom is -0.454 e. The quantitative estimate of drug-likeness (QED) is 0.733. The molecule has 1 amide bonds. The van der Waals surface area contributed by atoms with E-state index in [2.05, 4.69) is 5.32 Å². The van der Waals surface area contributed by atoms with Crippen molar-refractivity contribution in [1.82, 2.24) is 0 Å². The first kappa shape index (κ1) is 9.51. The van der Waals surface area contributed by atoms with E-state index in [1.54, 1.807) is 18.2 Å². The summed E-state index contributed by atoms with van der Waals surface area (Å²) in [5.41, 5.74) is 0.513. The van der Waals surface area contributed by atoms with E-state index in [1.807, 2.05) is 0 Å². The van der Waals surface area contributed by atoms with Gasteiger partial charge in [-0.3, -0.25) is 9.59 Å². The number of fused-ring (bicyclic) bond motifs is 1. The lowest BCUT2D eigenvalue weighted by Gasteiger charge is -2.03. The molecule has 1 heterocycles. The van der Waals surface area contributed by atoms with Crippen LogP contribution in [0.2, 0.25) is 0 Å². The second kappa shape index (κ2) is 3.61. The van der Waals surface area contributed by atoms with Crippen LogP contribution in [0.25, 0.3) is 0 Å². The molecule has 5 heteroatoms. The summed E-state index contributed by atoms with van der Waals surface area (Å²) in [5.74, 6) is 0.0220. The maximum atomic E-state index is 11.1. The molecule has 0 fully saturated rings. The molecule has 0 aliphatic carbocycles. The third-order valence-electron chi connectivity index (χ3n) is 1.95. The van der Waals surface area contributed by atoms with Gasteiger partial charge in [-0.1, -0.05) is 0 Å². The van der Waals surface area contributed by atoms with Crippen molar-refractivity contribution < 1.29 is 19.1 Å². The Labute approximate surface area is 86.0 Å². The molecular formula is C10H9NO4. The Morgan fingerprint density at radius 3 is 2.73 bits per heavy atom. The lowest BCUT2D eigenvalue weighted by Crippen LogP contribution is -2.19. The number of ether oxygens (including phenoxy) is 2. The van der Waals surface area contributed by atoms with Crippen molar-refractivity contribution in [3.05, 3.63) is 18.2 Å². The fourth-order valence-electron chi connectivity index (χ4n) is 1.19. The van der Waals surface area contributed by atoms with Crippen LogP contribution in [0, 0.1) is 0 Å². The van der Waals surface area contributed by atoms with Crippen LogP contribution in [0.15, 0.2) is 18.2 Å². The summed E-state index contributed by atoms with van der Waals surface area (Å²) < 4.78 is 10.2. The predicted octanol–water partition coefficient (Wildman–Crippen LogP) is 0.943. The van der Waals surface area contributed by atoms with Crippen molar-refractivity contribution in [2.75, 3.05) is 12.1 Å². The molecule has 0 atom stereocenters. The summed E-state index contributed by atoms with van der Waals surface area (Å²) in [6, 6.07) is 4.94. The van der Waals surface area contributed by atoms with Gasteiger partial charge in [-0.2, -0.15) is 0 Å². The molecule has 0 saturated carbocycles. The van der Waals surface area contributed by atoms with E-state index in [0.29, 0.717) is 17.2 Å². The molecule has 0 saturated heterocycles. The third-order valence-corrected chi connectivity index (χ3v) is 1.95. The van der Waals surface area contributed by atoms with Gasteiger partial charge < -0.3 is 14.8 Å². The van der Waals surface area contributed by atoms with Gasteiger partial charge in [0.25, 0.3) is 5.91 Å². The molecule has 15 heavy (non-hydrogen) atoms. The van der Waals surface area contributed by atoms with Crippen molar-refractivity contribution in [1.29, 1.82) is 0 Å². The number of hydrogen-bond donors (Lipinski definition) is 1. The van der Waals surface area contributed by atoms with Crippen LogP contribution in [-0.4, -0.2) is 18.5 Å². The van der Waals surface area contributed by atoms with Crippen molar-refractivity contribution in [2.24, 2.45) is 0 Å². The molecule has 0 bridgehead atoms. The summed E-state index contributed by atoms with van der Waals surface area (Å²) in [5, 5.41) is 2.45. The third kappa shape index (κ3) is 1.90. The van der Waals surface area contributed by atoms with E-state index < -0.39 is 11.7 Å². The van der Waals surface area contributed by atoms with Crippen LogP contribution in [-0.2, 0) is 9.59 Å². The Hall–Kier alpha value is -2.04. The molecule has 0 spiro atoms. The number of carbonyl (C=O) groups excluding carboxylic acids is 2. The van der Waals surface area contributed by atoms with Crippen molar-refractivity contribution >= 4 is 17.4 Å². The van der Waals surface area contributed by atoms with Gasteiger partial charge in [0, 0.05) is 18.7 Å². The first-order chi connectivity index (χ1) is 7.16. The van der Waals surface area contributed by atoms with E-state index in [4.69, 9.17) is 9.47 Å². The molecule has 1 aromatic rings. The van der Waals surface area contributed by atoms with Crippen LogP contribution in [0.4, 0.5) is 5.69 Å². The first-order valence-electron chi connectivity index (χ1n) is 4.38. The number of benzene rings is 1. The summed E-state index contributed by atoms with van der Waals surface area (Å²) in [4.78, 5) is 21.8. The number of nitrogens with one attached hydrogen (secondary N) is 1. The maximum absolute atomic E-state index is 11.1. The van der Waals surface area contributed by atoms with Crippen LogP contribution < -0.4 is 14.8 Å². The zero-order valence-electron chi connectivity index (χ0n) is 8.07. The second-order valence-corrected chi connectivity index (χ2v) is 3.08. The van der Waals surface area contributed by atoms with Gasteiger partial charge in [0.2, 0.25) is 12.6 Å². The average Bonchev–Trinajstić information content (AvgIpc) is 2.64.